The summed E-state index contributed by atoms with van der Waals surface area (Å²) in [5.74, 6) is -0.208. The molecule has 2 heterocycles. The third kappa shape index (κ3) is 5.26. The maximum absolute atomic E-state index is 11.8. The van der Waals surface area contributed by atoms with Crippen molar-refractivity contribution >= 4 is 34.9 Å². The highest BCUT2D eigenvalue weighted by Gasteiger charge is 2.14. The van der Waals surface area contributed by atoms with E-state index < -0.39 is 6.10 Å². The third-order valence-electron chi connectivity index (χ3n) is 3.01. The Balaban J connectivity index is 1.82. The minimum atomic E-state index is -0.556. The molecule has 0 bridgehead atoms. The number of carbonyl (C=O) groups is 1. The second kappa shape index (κ2) is 8.08. The molecule has 22 heavy (non-hydrogen) atoms. The van der Waals surface area contributed by atoms with Crippen molar-refractivity contribution in [2.24, 2.45) is 0 Å². The number of rotatable bonds is 6. The first kappa shape index (κ1) is 16.7. The Hall–Kier alpha value is -1.69. The lowest BCUT2D eigenvalue weighted by molar-refractivity contribution is -0.117. The van der Waals surface area contributed by atoms with Gasteiger partial charge in [0.25, 0.3) is 0 Å². The lowest BCUT2D eigenvalue weighted by Crippen LogP contribution is -2.32. The highest BCUT2D eigenvalue weighted by molar-refractivity contribution is 7.10. The lowest BCUT2D eigenvalue weighted by Gasteiger charge is -2.16. The van der Waals surface area contributed by atoms with Gasteiger partial charge in [-0.25, -0.2) is 4.98 Å². The van der Waals surface area contributed by atoms with E-state index in [1.165, 1.54) is 17.4 Å². The van der Waals surface area contributed by atoms with Crippen LogP contribution in [0.4, 0.5) is 0 Å². The molecule has 4 nitrogen and oxygen atoms in total. The first-order valence-electron chi connectivity index (χ1n) is 6.86. The number of aromatic nitrogens is 1. The Morgan fingerprint density at radius 2 is 2.32 bits per heavy atom. The molecule has 0 fully saturated rings. The van der Waals surface area contributed by atoms with E-state index in [-0.39, 0.29) is 11.9 Å². The van der Waals surface area contributed by atoms with Gasteiger partial charge in [-0.2, -0.15) is 0 Å². The predicted molar refractivity (Wildman–Crippen MR) is 89.8 cm³/mol. The fourth-order valence-electron chi connectivity index (χ4n) is 1.94. The van der Waals surface area contributed by atoms with Crippen molar-refractivity contribution in [3.8, 4) is 0 Å². The van der Waals surface area contributed by atoms with Crippen molar-refractivity contribution in [2.75, 3.05) is 0 Å². The highest BCUT2D eigenvalue weighted by atomic mass is 35.5. The molecule has 1 amide bonds. The van der Waals surface area contributed by atoms with Crippen molar-refractivity contribution in [1.82, 2.24) is 10.3 Å². The van der Waals surface area contributed by atoms with Crippen molar-refractivity contribution in [2.45, 2.75) is 25.5 Å². The van der Waals surface area contributed by atoms with Crippen molar-refractivity contribution in [3.63, 3.8) is 0 Å². The summed E-state index contributed by atoms with van der Waals surface area (Å²) in [6.45, 7) is 1.87. The molecule has 0 spiro atoms. The highest BCUT2D eigenvalue weighted by Crippen LogP contribution is 2.22. The summed E-state index contributed by atoms with van der Waals surface area (Å²) in [6, 6.07) is 7.10. The number of halogens is 1. The number of hydrogen-bond acceptors (Lipinski definition) is 4. The topological polar surface area (TPSA) is 62.2 Å². The summed E-state index contributed by atoms with van der Waals surface area (Å²) in [4.78, 5) is 16.7. The zero-order valence-corrected chi connectivity index (χ0v) is 13.6. The fraction of sp³-hybridized carbons (Fsp3) is 0.250. The molecule has 0 aliphatic carbocycles. The van der Waals surface area contributed by atoms with Gasteiger partial charge in [-0.1, -0.05) is 23.7 Å². The van der Waals surface area contributed by atoms with Gasteiger partial charge in [0, 0.05) is 23.2 Å². The van der Waals surface area contributed by atoms with Gasteiger partial charge in [-0.3, -0.25) is 4.79 Å². The lowest BCUT2D eigenvalue weighted by atomic mass is 10.1. The van der Waals surface area contributed by atoms with Gasteiger partial charge < -0.3 is 10.4 Å². The molecule has 2 unspecified atom stereocenters. The molecular weight excluding hydrogens is 320 g/mol. The summed E-state index contributed by atoms with van der Waals surface area (Å²) < 4.78 is 0. The number of amides is 1. The van der Waals surface area contributed by atoms with E-state index in [2.05, 4.69) is 10.3 Å². The predicted octanol–water partition coefficient (Wildman–Crippen LogP) is 3.44. The number of carbonyl (C=O) groups excluding carboxylic acids is 1. The van der Waals surface area contributed by atoms with Crippen LogP contribution >= 0.6 is 22.9 Å². The molecule has 0 saturated heterocycles. The Kier molecular flexibility index (Phi) is 6.12. The zero-order valence-electron chi connectivity index (χ0n) is 12.1. The number of nitrogens with one attached hydrogen (secondary N) is 1. The SMILES string of the molecule is CC(CC(O)c1cccs1)NC(=O)/C=C/c1ccc(Cl)nc1. The normalized spacial score (nSPS) is 14.0. The Bertz CT molecular complexity index is 626. The van der Waals surface area contributed by atoms with Crippen LogP contribution in [0.5, 0.6) is 0 Å². The maximum atomic E-state index is 11.8. The van der Waals surface area contributed by atoms with Crippen LogP contribution in [0.2, 0.25) is 5.15 Å². The number of hydrogen-bond donors (Lipinski definition) is 2. The first-order chi connectivity index (χ1) is 10.5. The van der Waals surface area contributed by atoms with Gasteiger partial charge in [-0.15, -0.1) is 11.3 Å². The number of aliphatic hydroxyl groups excluding tert-OH is 1. The summed E-state index contributed by atoms with van der Waals surface area (Å²) in [5.41, 5.74) is 0.797. The molecule has 6 heteroatoms. The largest absolute Gasteiger partial charge is 0.387 e. The molecule has 2 aromatic rings. The molecule has 0 aliphatic heterocycles. The minimum Gasteiger partial charge on any atom is -0.387 e. The van der Waals surface area contributed by atoms with Crippen molar-refractivity contribution in [3.05, 3.63) is 57.5 Å². The summed E-state index contributed by atoms with van der Waals surface area (Å²) in [5, 5.41) is 15.2. The van der Waals surface area contributed by atoms with Crippen LogP contribution in [0.25, 0.3) is 6.08 Å². The Morgan fingerprint density at radius 3 is 2.95 bits per heavy atom. The average molecular weight is 337 g/mol. The Morgan fingerprint density at radius 1 is 1.50 bits per heavy atom. The van der Waals surface area contributed by atoms with Gasteiger partial charge in [0.2, 0.25) is 5.91 Å². The van der Waals surface area contributed by atoms with Gasteiger partial charge >= 0.3 is 0 Å². The maximum Gasteiger partial charge on any atom is 0.244 e. The molecule has 116 valence electrons. The first-order valence-corrected chi connectivity index (χ1v) is 8.12. The second-order valence-corrected chi connectivity index (χ2v) is 6.29. The number of aliphatic hydroxyl groups is 1. The molecule has 2 N–H and O–H groups in total. The van der Waals surface area contributed by atoms with Gasteiger partial charge in [0.1, 0.15) is 5.15 Å². The summed E-state index contributed by atoms with van der Waals surface area (Å²) in [6.07, 6.45) is 4.62. The van der Waals surface area contributed by atoms with Crippen LogP contribution in [0, 0.1) is 0 Å². The molecule has 2 rings (SSSR count). The monoisotopic (exact) mass is 336 g/mol. The van der Waals surface area contributed by atoms with E-state index in [1.54, 1.807) is 24.4 Å². The van der Waals surface area contributed by atoms with Crippen molar-refractivity contribution < 1.29 is 9.90 Å². The van der Waals surface area contributed by atoms with Crippen LogP contribution in [0.1, 0.15) is 29.9 Å². The van der Waals surface area contributed by atoms with E-state index >= 15 is 0 Å². The Labute approximate surface area is 138 Å². The van der Waals surface area contributed by atoms with E-state index in [0.29, 0.717) is 11.6 Å². The molecule has 2 aromatic heterocycles. The second-order valence-electron chi connectivity index (χ2n) is 4.92. The van der Waals surface area contributed by atoms with Crippen LogP contribution in [0.15, 0.2) is 41.9 Å². The molecule has 2 atom stereocenters. The minimum absolute atomic E-state index is 0.127. The van der Waals surface area contributed by atoms with Gasteiger partial charge in [-0.05, 0) is 42.5 Å². The fourth-order valence-corrected chi connectivity index (χ4v) is 2.78. The van der Waals surface area contributed by atoms with Crippen LogP contribution in [-0.2, 0) is 4.79 Å². The number of nitrogens with zero attached hydrogens (tertiary/aromatic N) is 1. The van der Waals surface area contributed by atoms with Crippen LogP contribution in [0.3, 0.4) is 0 Å². The number of thiophene rings is 1. The van der Waals surface area contributed by atoms with Gasteiger partial charge in [0.15, 0.2) is 0 Å². The molecular formula is C16H17ClN2O2S. The van der Waals surface area contributed by atoms with Crippen LogP contribution in [-0.4, -0.2) is 22.0 Å². The summed E-state index contributed by atoms with van der Waals surface area (Å²) >= 11 is 7.20. The van der Waals surface area contributed by atoms with E-state index in [9.17, 15) is 9.90 Å². The third-order valence-corrected chi connectivity index (χ3v) is 4.21. The number of pyridine rings is 1. The quantitative estimate of drug-likeness (QED) is 0.627. The summed E-state index contributed by atoms with van der Waals surface area (Å²) in [7, 11) is 0. The van der Waals surface area contributed by atoms with E-state index in [1.807, 2.05) is 24.4 Å². The smallest absolute Gasteiger partial charge is 0.244 e. The van der Waals surface area contributed by atoms with E-state index in [0.717, 1.165) is 10.4 Å². The zero-order chi connectivity index (χ0) is 15.9. The molecule has 0 aliphatic rings. The molecule has 0 radical (unpaired) electrons. The van der Waals surface area contributed by atoms with Crippen molar-refractivity contribution in [1.29, 1.82) is 0 Å². The van der Waals surface area contributed by atoms with Crippen LogP contribution < -0.4 is 5.32 Å². The standard InChI is InChI=1S/C16H17ClN2O2S/c1-11(9-13(20)14-3-2-8-22-14)19-16(21)7-5-12-4-6-15(17)18-10-12/h2-8,10-11,13,20H,9H2,1H3,(H,19,21)/b7-5+. The molecule has 0 aromatic carbocycles. The van der Waals surface area contributed by atoms with E-state index in [4.69, 9.17) is 11.6 Å². The molecule has 0 saturated carbocycles. The van der Waals surface area contributed by atoms with Gasteiger partial charge in [0.05, 0.1) is 6.10 Å². The average Bonchev–Trinajstić information content (AvgIpc) is 3.01.